The van der Waals surface area contributed by atoms with Crippen LogP contribution >= 0.6 is 27.3 Å². The van der Waals surface area contributed by atoms with Crippen molar-refractivity contribution in [3.8, 4) is 5.75 Å². The maximum Gasteiger partial charge on any atom is 0.287 e. The first kappa shape index (κ1) is 17.7. The number of halogens is 1. The molecule has 3 rings (SSSR count). The van der Waals surface area contributed by atoms with Crippen molar-refractivity contribution in [1.29, 1.82) is 0 Å². The number of thiazole rings is 1. The van der Waals surface area contributed by atoms with Gasteiger partial charge in [0.2, 0.25) is 0 Å². The molecule has 0 aliphatic carbocycles. The van der Waals surface area contributed by atoms with Crippen molar-refractivity contribution in [3.05, 3.63) is 68.5 Å². The van der Waals surface area contributed by atoms with E-state index in [4.69, 9.17) is 9.15 Å². The largest absolute Gasteiger partial charge is 0.486 e. The van der Waals surface area contributed by atoms with Gasteiger partial charge in [-0.05, 0) is 36.8 Å². The van der Waals surface area contributed by atoms with Crippen LogP contribution in [0.4, 0.5) is 0 Å². The standard InChI is InChI=1S/C18H17BrN2O3S/c1-2-17-21-13(11-25-17)9-20-18(22)16-7-6-15(24-16)10-23-14-5-3-4-12(19)8-14/h3-8,11H,2,9-10H2,1H3,(H,20,22). The normalized spacial score (nSPS) is 10.6. The Labute approximate surface area is 158 Å². The van der Waals surface area contributed by atoms with Crippen molar-refractivity contribution in [3.63, 3.8) is 0 Å². The van der Waals surface area contributed by atoms with Gasteiger partial charge in [0.25, 0.3) is 5.91 Å². The smallest absolute Gasteiger partial charge is 0.287 e. The van der Waals surface area contributed by atoms with Crippen molar-refractivity contribution in [2.75, 3.05) is 0 Å². The topological polar surface area (TPSA) is 64.4 Å². The van der Waals surface area contributed by atoms with Gasteiger partial charge < -0.3 is 14.5 Å². The second kappa shape index (κ2) is 8.31. The molecule has 0 fully saturated rings. The number of furan rings is 1. The Morgan fingerprint density at radius 1 is 1.36 bits per heavy atom. The third-order valence-electron chi connectivity index (χ3n) is 3.39. The summed E-state index contributed by atoms with van der Waals surface area (Å²) in [4.78, 5) is 16.6. The molecule has 0 aliphatic heterocycles. The SMILES string of the molecule is CCc1nc(CNC(=O)c2ccc(COc3cccc(Br)c3)o2)cs1. The first-order valence-electron chi connectivity index (χ1n) is 7.82. The van der Waals surface area contributed by atoms with E-state index in [1.807, 2.05) is 29.6 Å². The van der Waals surface area contributed by atoms with Crippen molar-refractivity contribution in [2.45, 2.75) is 26.5 Å². The van der Waals surface area contributed by atoms with Crippen molar-refractivity contribution in [2.24, 2.45) is 0 Å². The third-order valence-corrected chi connectivity index (χ3v) is 4.93. The minimum atomic E-state index is -0.264. The minimum absolute atomic E-state index is 0.260. The first-order valence-corrected chi connectivity index (χ1v) is 9.50. The monoisotopic (exact) mass is 420 g/mol. The lowest BCUT2D eigenvalue weighted by atomic mass is 10.3. The van der Waals surface area contributed by atoms with Crippen LogP contribution in [0.25, 0.3) is 0 Å². The van der Waals surface area contributed by atoms with E-state index in [0.29, 0.717) is 12.3 Å². The van der Waals surface area contributed by atoms with E-state index in [-0.39, 0.29) is 18.3 Å². The lowest BCUT2D eigenvalue weighted by molar-refractivity contribution is 0.0918. The van der Waals surface area contributed by atoms with Gasteiger partial charge in [0, 0.05) is 9.85 Å². The quantitative estimate of drug-likeness (QED) is 0.607. The summed E-state index contributed by atoms with van der Waals surface area (Å²) in [5, 5.41) is 5.83. The van der Waals surface area contributed by atoms with E-state index in [1.54, 1.807) is 23.5 Å². The van der Waals surface area contributed by atoms with E-state index in [0.717, 1.165) is 27.3 Å². The fraction of sp³-hybridized carbons (Fsp3) is 0.222. The predicted octanol–water partition coefficient (Wildman–Crippen LogP) is 4.57. The molecule has 1 amide bonds. The summed E-state index contributed by atoms with van der Waals surface area (Å²) in [5.74, 6) is 1.32. The van der Waals surface area contributed by atoms with Crippen LogP contribution < -0.4 is 10.1 Å². The Balaban J connectivity index is 1.52. The van der Waals surface area contributed by atoms with E-state index < -0.39 is 0 Å². The molecule has 2 heterocycles. The molecular formula is C18H17BrN2O3S. The number of benzene rings is 1. The van der Waals surface area contributed by atoms with Crippen LogP contribution in [0.15, 0.2) is 50.7 Å². The number of nitrogens with zero attached hydrogens (tertiary/aromatic N) is 1. The second-order valence-corrected chi connectivity index (χ2v) is 7.14. The number of hydrogen-bond donors (Lipinski definition) is 1. The van der Waals surface area contributed by atoms with Crippen LogP contribution in [-0.4, -0.2) is 10.9 Å². The van der Waals surface area contributed by atoms with Gasteiger partial charge in [-0.25, -0.2) is 4.98 Å². The predicted molar refractivity (Wildman–Crippen MR) is 99.8 cm³/mol. The van der Waals surface area contributed by atoms with Gasteiger partial charge >= 0.3 is 0 Å². The number of aryl methyl sites for hydroxylation is 1. The number of aromatic nitrogens is 1. The number of carbonyl (C=O) groups excluding carboxylic acids is 1. The minimum Gasteiger partial charge on any atom is -0.486 e. The molecule has 0 unspecified atom stereocenters. The van der Waals surface area contributed by atoms with Gasteiger partial charge in [-0.2, -0.15) is 0 Å². The molecule has 7 heteroatoms. The van der Waals surface area contributed by atoms with Crippen LogP contribution in [-0.2, 0) is 19.6 Å². The molecule has 5 nitrogen and oxygen atoms in total. The lowest BCUT2D eigenvalue weighted by Crippen LogP contribution is -2.22. The molecule has 130 valence electrons. The Kier molecular flexibility index (Phi) is 5.88. The van der Waals surface area contributed by atoms with E-state index in [2.05, 4.69) is 33.2 Å². The molecule has 0 radical (unpaired) electrons. The number of carbonyl (C=O) groups is 1. The summed E-state index contributed by atoms with van der Waals surface area (Å²) in [5.41, 5.74) is 0.861. The molecule has 3 aromatic rings. The van der Waals surface area contributed by atoms with E-state index >= 15 is 0 Å². The second-order valence-electron chi connectivity index (χ2n) is 5.28. The zero-order valence-corrected chi connectivity index (χ0v) is 16.0. The molecule has 0 bridgehead atoms. The highest BCUT2D eigenvalue weighted by molar-refractivity contribution is 9.10. The Bertz CT molecular complexity index is 859. The maximum atomic E-state index is 12.2. The van der Waals surface area contributed by atoms with E-state index in [9.17, 15) is 4.79 Å². The van der Waals surface area contributed by atoms with Crippen LogP contribution in [0.2, 0.25) is 0 Å². The molecule has 0 spiro atoms. The number of amides is 1. The third kappa shape index (κ3) is 4.93. The summed E-state index contributed by atoms with van der Waals surface area (Å²) in [7, 11) is 0. The van der Waals surface area contributed by atoms with Gasteiger partial charge in [0.1, 0.15) is 18.1 Å². The molecule has 25 heavy (non-hydrogen) atoms. The van der Waals surface area contributed by atoms with Crippen molar-refractivity contribution >= 4 is 33.2 Å². The van der Waals surface area contributed by atoms with Crippen LogP contribution in [0.5, 0.6) is 5.75 Å². The number of nitrogens with one attached hydrogen (secondary N) is 1. The average molecular weight is 421 g/mol. The summed E-state index contributed by atoms with van der Waals surface area (Å²) in [6.45, 7) is 2.71. The summed E-state index contributed by atoms with van der Waals surface area (Å²) in [6.07, 6.45) is 0.901. The first-order chi connectivity index (χ1) is 12.1. The molecular weight excluding hydrogens is 404 g/mol. The lowest BCUT2D eigenvalue weighted by Gasteiger charge is -2.04. The molecule has 1 aromatic carbocycles. The Morgan fingerprint density at radius 3 is 3.00 bits per heavy atom. The zero-order chi connectivity index (χ0) is 17.6. The maximum absolute atomic E-state index is 12.2. The Morgan fingerprint density at radius 2 is 2.24 bits per heavy atom. The number of rotatable bonds is 7. The summed E-state index contributed by atoms with van der Waals surface area (Å²) < 4.78 is 12.1. The van der Waals surface area contributed by atoms with Crippen LogP contribution in [0, 0.1) is 0 Å². The molecule has 1 N–H and O–H groups in total. The fourth-order valence-electron chi connectivity index (χ4n) is 2.14. The zero-order valence-electron chi connectivity index (χ0n) is 13.6. The van der Waals surface area contributed by atoms with Gasteiger partial charge in [0.05, 0.1) is 17.2 Å². The van der Waals surface area contributed by atoms with E-state index in [1.165, 1.54) is 0 Å². The fourth-order valence-corrected chi connectivity index (χ4v) is 3.26. The number of ether oxygens (including phenoxy) is 1. The van der Waals surface area contributed by atoms with Crippen LogP contribution in [0.1, 0.15) is 33.9 Å². The van der Waals surface area contributed by atoms with Crippen molar-refractivity contribution in [1.82, 2.24) is 10.3 Å². The van der Waals surface area contributed by atoms with Gasteiger partial charge in [0.15, 0.2) is 5.76 Å². The molecule has 0 saturated carbocycles. The van der Waals surface area contributed by atoms with Crippen molar-refractivity contribution < 1.29 is 13.9 Å². The summed E-state index contributed by atoms with van der Waals surface area (Å²) >= 11 is 4.99. The Hall–Kier alpha value is -2.12. The molecule has 0 saturated heterocycles. The number of hydrogen-bond acceptors (Lipinski definition) is 5. The highest BCUT2D eigenvalue weighted by Gasteiger charge is 2.12. The molecule has 2 aromatic heterocycles. The van der Waals surface area contributed by atoms with Gasteiger partial charge in [-0.1, -0.05) is 28.9 Å². The van der Waals surface area contributed by atoms with Crippen LogP contribution in [0.3, 0.4) is 0 Å². The summed E-state index contributed by atoms with van der Waals surface area (Å²) in [6, 6.07) is 10.9. The van der Waals surface area contributed by atoms with Gasteiger partial charge in [-0.3, -0.25) is 4.79 Å². The highest BCUT2D eigenvalue weighted by Crippen LogP contribution is 2.19. The molecule has 0 atom stereocenters. The average Bonchev–Trinajstić information content (AvgIpc) is 3.27. The molecule has 0 aliphatic rings. The van der Waals surface area contributed by atoms with Gasteiger partial charge in [-0.15, -0.1) is 11.3 Å². The highest BCUT2D eigenvalue weighted by atomic mass is 79.9.